The number of nitrogens with zero attached hydrogens (tertiary/aromatic N) is 1. The highest BCUT2D eigenvalue weighted by molar-refractivity contribution is 5.98. The van der Waals surface area contributed by atoms with Crippen LogP contribution in [0.3, 0.4) is 0 Å². The first-order valence-corrected chi connectivity index (χ1v) is 4.34. The van der Waals surface area contributed by atoms with E-state index < -0.39 is 0 Å². The van der Waals surface area contributed by atoms with Crippen LogP contribution in [0.25, 0.3) is 0 Å². The van der Waals surface area contributed by atoms with Gasteiger partial charge in [-0.05, 0) is 12.5 Å². The van der Waals surface area contributed by atoms with Crippen LogP contribution in [0.15, 0.2) is 28.1 Å². The third-order valence-electron chi connectivity index (χ3n) is 1.95. The van der Waals surface area contributed by atoms with Gasteiger partial charge in [-0.25, -0.2) is 0 Å². The lowest BCUT2D eigenvalue weighted by Crippen LogP contribution is -2.30. The molecule has 0 aliphatic carbocycles. The molecule has 1 aromatic heterocycles. The fourth-order valence-electron chi connectivity index (χ4n) is 1.28. The molecule has 1 aromatic rings. The molecule has 1 aliphatic heterocycles. The van der Waals surface area contributed by atoms with Crippen molar-refractivity contribution in [2.75, 3.05) is 13.1 Å². The van der Waals surface area contributed by atoms with E-state index >= 15 is 0 Å². The van der Waals surface area contributed by atoms with E-state index in [0.717, 1.165) is 30.9 Å². The second kappa shape index (κ2) is 3.43. The van der Waals surface area contributed by atoms with Crippen molar-refractivity contribution >= 4 is 5.84 Å². The second-order valence-electron chi connectivity index (χ2n) is 2.95. The molecule has 0 bridgehead atoms. The number of aromatic amines is 1. The van der Waals surface area contributed by atoms with Gasteiger partial charge in [-0.15, -0.1) is 0 Å². The number of amidine groups is 1. The molecule has 0 aromatic carbocycles. The summed E-state index contributed by atoms with van der Waals surface area (Å²) in [5.74, 6) is 0.877. The zero-order valence-corrected chi connectivity index (χ0v) is 7.21. The van der Waals surface area contributed by atoms with Crippen molar-refractivity contribution in [3.05, 3.63) is 34.2 Å². The third kappa shape index (κ3) is 1.77. The highest BCUT2D eigenvalue weighted by Gasteiger charge is 2.05. The molecule has 0 radical (unpaired) electrons. The van der Waals surface area contributed by atoms with Crippen molar-refractivity contribution < 1.29 is 0 Å². The number of aliphatic imine (C=N–C) groups is 1. The van der Waals surface area contributed by atoms with E-state index in [1.807, 2.05) is 0 Å². The largest absolute Gasteiger partial charge is 0.370 e. The maximum absolute atomic E-state index is 10.8. The van der Waals surface area contributed by atoms with Crippen molar-refractivity contribution in [2.45, 2.75) is 6.42 Å². The number of aromatic nitrogens is 1. The Morgan fingerprint density at radius 2 is 2.31 bits per heavy atom. The normalized spacial score (nSPS) is 16.2. The smallest absolute Gasteiger partial charge is 0.247 e. The van der Waals surface area contributed by atoms with Crippen molar-refractivity contribution in [2.24, 2.45) is 4.99 Å². The number of H-pyrrole nitrogens is 1. The molecular weight excluding hydrogens is 166 g/mol. The molecule has 2 N–H and O–H groups in total. The lowest BCUT2D eigenvalue weighted by molar-refractivity contribution is 0.742. The highest BCUT2D eigenvalue weighted by atomic mass is 16.1. The molecule has 2 heterocycles. The number of rotatable bonds is 1. The highest BCUT2D eigenvalue weighted by Crippen LogP contribution is 1.99. The van der Waals surface area contributed by atoms with Crippen LogP contribution in [0.2, 0.25) is 0 Å². The molecular formula is C9H11N3O. The Balaban J connectivity index is 2.29. The molecule has 0 fully saturated rings. The van der Waals surface area contributed by atoms with Gasteiger partial charge in [0, 0.05) is 30.9 Å². The monoisotopic (exact) mass is 177 g/mol. The lowest BCUT2D eigenvalue weighted by Gasteiger charge is -2.13. The maximum Gasteiger partial charge on any atom is 0.247 e. The van der Waals surface area contributed by atoms with Crippen LogP contribution in [0.4, 0.5) is 0 Å². The van der Waals surface area contributed by atoms with E-state index in [-0.39, 0.29) is 5.56 Å². The number of hydrogen-bond donors (Lipinski definition) is 2. The summed E-state index contributed by atoms with van der Waals surface area (Å²) in [7, 11) is 0. The zero-order valence-electron chi connectivity index (χ0n) is 7.21. The summed E-state index contributed by atoms with van der Waals surface area (Å²) in [6.45, 7) is 1.82. The standard InChI is InChI=1S/C9H11N3O/c13-8-3-2-7(6-12-8)9-10-4-1-5-11-9/h2-3,6H,1,4-5H2,(H,10,11)(H,12,13). The molecule has 4 heteroatoms. The summed E-state index contributed by atoms with van der Waals surface area (Å²) >= 11 is 0. The van der Waals surface area contributed by atoms with Gasteiger partial charge in [-0.1, -0.05) is 0 Å². The molecule has 4 nitrogen and oxygen atoms in total. The van der Waals surface area contributed by atoms with Crippen LogP contribution >= 0.6 is 0 Å². The van der Waals surface area contributed by atoms with Gasteiger partial charge < -0.3 is 10.3 Å². The summed E-state index contributed by atoms with van der Waals surface area (Å²) in [6.07, 6.45) is 2.76. The van der Waals surface area contributed by atoms with Crippen LogP contribution in [0, 0.1) is 0 Å². The SMILES string of the molecule is O=c1ccc(C2=NCCCN2)c[nH]1. The molecule has 0 atom stereocenters. The predicted molar refractivity (Wildman–Crippen MR) is 51.1 cm³/mol. The van der Waals surface area contributed by atoms with E-state index in [1.54, 1.807) is 12.3 Å². The fourth-order valence-corrected chi connectivity index (χ4v) is 1.28. The summed E-state index contributed by atoms with van der Waals surface area (Å²) < 4.78 is 0. The molecule has 68 valence electrons. The Bertz CT molecular complexity index is 360. The molecule has 13 heavy (non-hydrogen) atoms. The van der Waals surface area contributed by atoms with Gasteiger partial charge in [0.15, 0.2) is 0 Å². The van der Waals surface area contributed by atoms with Crippen LogP contribution in [-0.2, 0) is 0 Å². The van der Waals surface area contributed by atoms with Crippen molar-refractivity contribution in [1.29, 1.82) is 0 Å². The van der Waals surface area contributed by atoms with Crippen molar-refractivity contribution in [1.82, 2.24) is 10.3 Å². The van der Waals surface area contributed by atoms with Gasteiger partial charge in [0.2, 0.25) is 5.56 Å². The topological polar surface area (TPSA) is 57.2 Å². The Labute approximate surface area is 75.7 Å². The minimum Gasteiger partial charge on any atom is -0.370 e. The third-order valence-corrected chi connectivity index (χ3v) is 1.95. The van der Waals surface area contributed by atoms with Gasteiger partial charge in [0.05, 0.1) is 0 Å². The van der Waals surface area contributed by atoms with E-state index in [2.05, 4.69) is 15.3 Å². The Morgan fingerprint density at radius 3 is 2.92 bits per heavy atom. The quantitative estimate of drug-likeness (QED) is 0.640. The molecule has 0 saturated carbocycles. The first-order valence-electron chi connectivity index (χ1n) is 4.34. The number of pyridine rings is 1. The second-order valence-corrected chi connectivity index (χ2v) is 2.95. The van der Waals surface area contributed by atoms with Crippen molar-refractivity contribution in [3.63, 3.8) is 0 Å². The Kier molecular flexibility index (Phi) is 2.12. The van der Waals surface area contributed by atoms with Crippen LogP contribution in [-0.4, -0.2) is 23.9 Å². The average molecular weight is 177 g/mol. The molecule has 2 rings (SSSR count). The molecule has 0 unspecified atom stereocenters. The molecule has 1 aliphatic rings. The first kappa shape index (κ1) is 8.04. The maximum atomic E-state index is 10.8. The summed E-state index contributed by atoms with van der Waals surface area (Å²) in [4.78, 5) is 17.7. The van der Waals surface area contributed by atoms with Gasteiger partial charge in [0.25, 0.3) is 0 Å². The Morgan fingerprint density at radius 1 is 1.38 bits per heavy atom. The lowest BCUT2D eigenvalue weighted by atomic mass is 10.2. The van der Waals surface area contributed by atoms with E-state index in [4.69, 9.17) is 0 Å². The average Bonchev–Trinajstić information content (AvgIpc) is 2.20. The Hall–Kier alpha value is -1.58. The number of nitrogens with one attached hydrogen (secondary N) is 2. The van der Waals surface area contributed by atoms with Crippen molar-refractivity contribution in [3.8, 4) is 0 Å². The molecule has 0 spiro atoms. The first-order chi connectivity index (χ1) is 6.36. The van der Waals surface area contributed by atoms with Gasteiger partial charge in [-0.2, -0.15) is 0 Å². The van der Waals surface area contributed by atoms with Gasteiger partial charge in [0.1, 0.15) is 5.84 Å². The summed E-state index contributed by atoms with van der Waals surface area (Å²) in [5.41, 5.74) is 0.861. The summed E-state index contributed by atoms with van der Waals surface area (Å²) in [5, 5.41) is 3.18. The van der Waals surface area contributed by atoms with Crippen LogP contribution in [0.5, 0.6) is 0 Å². The minimum atomic E-state index is -0.0832. The van der Waals surface area contributed by atoms with Crippen LogP contribution in [0.1, 0.15) is 12.0 Å². The summed E-state index contributed by atoms with van der Waals surface area (Å²) in [6, 6.07) is 3.28. The predicted octanol–water partition coefficient (Wildman–Crippen LogP) is 0.115. The van der Waals surface area contributed by atoms with Gasteiger partial charge >= 0.3 is 0 Å². The molecule has 0 saturated heterocycles. The van der Waals surface area contributed by atoms with E-state index in [1.165, 1.54) is 6.07 Å². The molecule has 0 amide bonds. The van der Waals surface area contributed by atoms with Crippen LogP contribution < -0.4 is 10.9 Å². The van der Waals surface area contributed by atoms with E-state index in [9.17, 15) is 4.79 Å². The zero-order chi connectivity index (χ0) is 9.10. The number of hydrogen-bond acceptors (Lipinski definition) is 3. The fraction of sp³-hybridized carbons (Fsp3) is 0.333. The minimum absolute atomic E-state index is 0.0832. The van der Waals surface area contributed by atoms with E-state index in [0.29, 0.717) is 0 Å². The van der Waals surface area contributed by atoms with Gasteiger partial charge in [-0.3, -0.25) is 9.79 Å².